The van der Waals surface area contributed by atoms with Gasteiger partial charge in [0.1, 0.15) is 12.4 Å². The van der Waals surface area contributed by atoms with Crippen molar-refractivity contribution in [2.24, 2.45) is 0 Å². The Kier molecular flexibility index (Phi) is 4.22. The zero-order valence-electron chi connectivity index (χ0n) is 10.6. The van der Waals surface area contributed by atoms with E-state index in [1.165, 1.54) is 18.2 Å². The van der Waals surface area contributed by atoms with Crippen LogP contribution in [0.2, 0.25) is 0 Å². The molecule has 2 rings (SSSR count). The van der Waals surface area contributed by atoms with Crippen LogP contribution in [-0.2, 0) is 11.3 Å². The topological polar surface area (TPSA) is 69.4 Å². The summed E-state index contributed by atoms with van der Waals surface area (Å²) in [7, 11) is 0. The van der Waals surface area contributed by atoms with Crippen molar-refractivity contribution in [2.75, 3.05) is 0 Å². The molecule has 0 aromatic heterocycles. The summed E-state index contributed by atoms with van der Waals surface area (Å²) in [6, 6.07) is 8.39. The number of carbonyl (C=O) groups is 1. The van der Waals surface area contributed by atoms with Crippen molar-refractivity contribution >= 4 is 11.7 Å². The smallest absolute Gasteiger partial charge is 0.338 e. The van der Waals surface area contributed by atoms with Crippen LogP contribution in [0.25, 0.3) is 0 Å². The first kappa shape index (κ1) is 14.6. The Morgan fingerprint density at radius 2 is 1.86 bits per heavy atom. The van der Waals surface area contributed by atoms with Gasteiger partial charge in [-0.25, -0.2) is 9.18 Å². The van der Waals surface area contributed by atoms with Gasteiger partial charge in [0.2, 0.25) is 5.82 Å². The van der Waals surface area contributed by atoms with Gasteiger partial charge in [0, 0.05) is 11.6 Å². The van der Waals surface area contributed by atoms with E-state index in [9.17, 15) is 23.7 Å². The molecule has 0 N–H and O–H groups in total. The van der Waals surface area contributed by atoms with Crippen molar-refractivity contribution in [1.29, 1.82) is 0 Å². The van der Waals surface area contributed by atoms with Gasteiger partial charge in [-0.05, 0) is 18.2 Å². The fourth-order valence-corrected chi connectivity index (χ4v) is 1.62. The molecule has 0 spiro atoms. The number of carbonyl (C=O) groups excluding carboxylic acids is 1. The molecule has 0 aliphatic rings. The van der Waals surface area contributed by atoms with Crippen LogP contribution in [0.5, 0.6) is 0 Å². The molecule has 0 aliphatic heterocycles. The van der Waals surface area contributed by atoms with E-state index in [-0.39, 0.29) is 17.7 Å². The van der Waals surface area contributed by atoms with Crippen LogP contribution in [0, 0.1) is 21.7 Å². The number of esters is 1. The van der Waals surface area contributed by atoms with Crippen molar-refractivity contribution in [3.05, 3.63) is 75.3 Å². The minimum Gasteiger partial charge on any atom is -0.457 e. The number of hydrogen-bond acceptors (Lipinski definition) is 4. The van der Waals surface area contributed by atoms with Gasteiger partial charge in [-0.15, -0.1) is 0 Å². The van der Waals surface area contributed by atoms with E-state index in [1.54, 1.807) is 6.07 Å². The van der Waals surface area contributed by atoms with Crippen LogP contribution < -0.4 is 0 Å². The van der Waals surface area contributed by atoms with Crippen molar-refractivity contribution in [3.63, 3.8) is 0 Å². The van der Waals surface area contributed by atoms with Crippen LogP contribution in [0.1, 0.15) is 15.9 Å². The Bertz CT molecular complexity index is 703. The van der Waals surface area contributed by atoms with Gasteiger partial charge in [-0.3, -0.25) is 10.1 Å². The normalized spacial score (nSPS) is 10.2. The summed E-state index contributed by atoms with van der Waals surface area (Å²) in [5.74, 6) is -2.56. The summed E-state index contributed by atoms with van der Waals surface area (Å²) < 4.78 is 31.5. The Morgan fingerprint density at radius 1 is 1.14 bits per heavy atom. The van der Waals surface area contributed by atoms with E-state index >= 15 is 0 Å². The summed E-state index contributed by atoms with van der Waals surface area (Å²) in [5, 5.41) is 10.5. The van der Waals surface area contributed by atoms with E-state index in [0.29, 0.717) is 6.07 Å². The molecule has 2 aromatic carbocycles. The van der Waals surface area contributed by atoms with Crippen LogP contribution in [0.4, 0.5) is 14.5 Å². The van der Waals surface area contributed by atoms with Gasteiger partial charge < -0.3 is 4.74 Å². The zero-order valence-corrected chi connectivity index (χ0v) is 10.6. The van der Waals surface area contributed by atoms with E-state index in [2.05, 4.69) is 0 Å². The first-order chi connectivity index (χ1) is 9.99. The lowest BCUT2D eigenvalue weighted by molar-refractivity contribution is -0.387. The Hall–Kier alpha value is -2.83. The van der Waals surface area contributed by atoms with Crippen molar-refractivity contribution in [3.8, 4) is 0 Å². The molecule has 0 aliphatic carbocycles. The summed E-state index contributed by atoms with van der Waals surface area (Å²) >= 11 is 0. The molecule has 5 nitrogen and oxygen atoms in total. The van der Waals surface area contributed by atoms with E-state index in [0.717, 1.165) is 12.1 Å². The Labute approximate surface area is 117 Å². The molecular formula is C14H9F2NO4. The highest BCUT2D eigenvalue weighted by Crippen LogP contribution is 2.19. The van der Waals surface area contributed by atoms with Crippen molar-refractivity contribution in [2.45, 2.75) is 6.61 Å². The second-order valence-corrected chi connectivity index (χ2v) is 4.09. The number of nitro groups is 1. The molecule has 0 fully saturated rings. The van der Waals surface area contributed by atoms with Gasteiger partial charge in [0.15, 0.2) is 0 Å². The highest BCUT2D eigenvalue weighted by molar-refractivity contribution is 5.89. The highest BCUT2D eigenvalue weighted by Gasteiger charge is 2.17. The molecular weight excluding hydrogens is 284 g/mol. The van der Waals surface area contributed by atoms with Gasteiger partial charge in [-0.1, -0.05) is 18.2 Å². The van der Waals surface area contributed by atoms with Crippen LogP contribution in [0.3, 0.4) is 0 Å². The quantitative estimate of drug-likeness (QED) is 0.493. The third-order valence-corrected chi connectivity index (χ3v) is 2.70. The standard InChI is InChI=1S/C14H9F2NO4/c15-11-4-2-1-3-10(11)8-21-14(18)9-5-6-13(17(19)20)12(16)7-9/h1-7H,8H2. The molecule has 21 heavy (non-hydrogen) atoms. The largest absolute Gasteiger partial charge is 0.457 e. The van der Waals surface area contributed by atoms with Gasteiger partial charge in [-0.2, -0.15) is 4.39 Å². The monoisotopic (exact) mass is 293 g/mol. The van der Waals surface area contributed by atoms with E-state index in [1.807, 2.05) is 0 Å². The predicted octanol–water partition coefficient (Wildman–Crippen LogP) is 3.23. The zero-order chi connectivity index (χ0) is 15.4. The maximum atomic E-state index is 13.4. The molecule has 108 valence electrons. The summed E-state index contributed by atoms with van der Waals surface area (Å²) in [6.07, 6.45) is 0. The minimum atomic E-state index is -1.14. The third kappa shape index (κ3) is 3.38. The molecule has 0 bridgehead atoms. The molecule has 0 amide bonds. The lowest BCUT2D eigenvalue weighted by Gasteiger charge is -2.06. The molecule has 0 saturated heterocycles. The van der Waals surface area contributed by atoms with Crippen molar-refractivity contribution < 1.29 is 23.2 Å². The lowest BCUT2D eigenvalue weighted by atomic mass is 10.2. The number of rotatable bonds is 4. The maximum Gasteiger partial charge on any atom is 0.338 e. The number of nitro benzene ring substituents is 1. The molecule has 0 atom stereocenters. The first-order valence-electron chi connectivity index (χ1n) is 5.83. The fourth-order valence-electron chi connectivity index (χ4n) is 1.62. The molecule has 0 radical (unpaired) electrons. The Morgan fingerprint density at radius 3 is 2.48 bits per heavy atom. The minimum absolute atomic E-state index is 0.174. The SMILES string of the molecule is O=C(OCc1ccccc1F)c1ccc([N+](=O)[O-])c(F)c1. The molecule has 0 unspecified atom stereocenters. The first-order valence-corrected chi connectivity index (χ1v) is 5.83. The maximum absolute atomic E-state index is 13.4. The number of hydrogen-bond donors (Lipinski definition) is 0. The van der Waals surface area contributed by atoms with Crippen LogP contribution in [-0.4, -0.2) is 10.9 Å². The highest BCUT2D eigenvalue weighted by atomic mass is 19.1. The lowest BCUT2D eigenvalue weighted by Crippen LogP contribution is -2.07. The average Bonchev–Trinajstić information content (AvgIpc) is 2.45. The van der Waals surface area contributed by atoms with Crippen LogP contribution >= 0.6 is 0 Å². The summed E-state index contributed by atoms with van der Waals surface area (Å²) in [4.78, 5) is 21.2. The van der Waals surface area contributed by atoms with E-state index < -0.39 is 28.2 Å². The molecule has 7 heteroatoms. The molecule has 0 heterocycles. The predicted molar refractivity (Wildman–Crippen MR) is 68.6 cm³/mol. The summed E-state index contributed by atoms with van der Waals surface area (Å²) in [6.45, 7) is -0.315. The van der Waals surface area contributed by atoms with Gasteiger partial charge in [0.05, 0.1) is 10.5 Å². The second kappa shape index (κ2) is 6.08. The number of halogens is 2. The number of benzene rings is 2. The fraction of sp³-hybridized carbons (Fsp3) is 0.0714. The van der Waals surface area contributed by atoms with E-state index in [4.69, 9.17) is 4.74 Å². The molecule has 2 aromatic rings. The second-order valence-electron chi connectivity index (χ2n) is 4.09. The van der Waals surface area contributed by atoms with Crippen LogP contribution in [0.15, 0.2) is 42.5 Å². The Balaban J connectivity index is 2.09. The van der Waals surface area contributed by atoms with Gasteiger partial charge in [0.25, 0.3) is 0 Å². The van der Waals surface area contributed by atoms with Crippen molar-refractivity contribution in [1.82, 2.24) is 0 Å². The number of nitrogens with zero attached hydrogens (tertiary/aromatic N) is 1. The summed E-state index contributed by atoms with van der Waals surface area (Å²) in [5.41, 5.74) is -0.747. The third-order valence-electron chi connectivity index (χ3n) is 2.70. The average molecular weight is 293 g/mol. The van der Waals surface area contributed by atoms with Gasteiger partial charge >= 0.3 is 11.7 Å². The molecule has 0 saturated carbocycles. The number of ether oxygens (including phenoxy) is 1.